The molecule has 0 amide bonds. The molecule has 2 atom stereocenters. The lowest BCUT2D eigenvalue weighted by Gasteiger charge is -2.40. The molecule has 2 unspecified atom stereocenters. The Bertz CT molecular complexity index is 736. The predicted molar refractivity (Wildman–Crippen MR) is 140 cm³/mol. The number of halogens is 1. The second kappa shape index (κ2) is 14.5. The van der Waals surface area contributed by atoms with E-state index in [1.165, 1.54) is 11.1 Å². The van der Waals surface area contributed by atoms with Crippen LogP contribution in [0.1, 0.15) is 37.9 Å². The van der Waals surface area contributed by atoms with Gasteiger partial charge in [0.1, 0.15) is 0 Å². The highest BCUT2D eigenvalue weighted by atomic mass is 35.5. The highest BCUT2D eigenvalue weighted by Crippen LogP contribution is 2.33. The van der Waals surface area contributed by atoms with E-state index in [4.69, 9.17) is 11.6 Å². The molecule has 32 heavy (non-hydrogen) atoms. The Morgan fingerprint density at radius 1 is 1.12 bits per heavy atom. The average molecular weight is 460 g/mol. The molecular formula is C26H42ClN5. The standard InChI is InChI=1S/C24H36ClN5.C2H6/c1-4-8-28-23(5-2)24(30-15-11-27-12-16-30)21-7-6-20(25)17-22(21)19(3)18-29-13-9-26-10-14-29;1-2/h4-8,17,23-24,26-28H,2-3,9-16,18H2,1H3;1-2H3/b8-4-;. The van der Waals surface area contributed by atoms with Crippen molar-refractivity contribution in [3.05, 3.63) is 65.9 Å². The van der Waals surface area contributed by atoms with E-state index in [9.17, 15) is 0 Å². The Labute approximate surface area is 200 Å². The SMILES string of the molecule is C=CC(N/C=C\C)C(c1ccc(Cl)cc1C(=C)CN1CCNCC1)N1CCNCC1.CC. The molecule has 3 rings (SSSR count). The summed E-state index contributed by atoms with van der Waals surface area (Å²) < 4.78 is 0. The zero-order valence-electron chi connectivity index (χ0n) is 20.2. The van der Waals surface area contributed by atoms with E-state index >= 15 is 0 Å². The minimum absolute atomic E-state index is 0.0891. The number of allylic oxidation sites excluding steroid dienone is 1. The van der Waals surface area contributed by atoms with E-state index in [0.717, 1.165) is 69.5 Å². The Hall–Kier alpha value is -1.63. The van der Waals surface area contributed by atoms with Crippen molar-refractivity contribution in [1.29, 1.82) is 0 Å². The van der Waals surface area contributed by atoms with Crippen molar-refractivity contribution < 1.29 is 0 Å². The Kier molecular flexibility index (Phi) is 12.1. The second-order valence-corrected chi connectivity index (χ2v) is 8.46. The van der Waals surface area contributed by atoms with Gasteiger partial charge in [-0.05, 0) is 42.0 Å². The van der Waals surface area contributed by atoms with Crippen LogP contribution in [-0.2, 0) is 0 Å². The van der Waals surface area contributed by atoms with Gasteiger partial charge in [0.2, 0.25) is 0 Å². The summed E-state index contributed by atoms with van der Waals surface area (Å²) in [5.74, 6) is 0. The lowest BCUT2D eigenvalue weighted by Crippen LogP contribution is -2.50. The van der Waals surface area contributed by atoms with Crippen LogP contribution in [0.15, 0.2) is 49.7 Å². The van der Waals surface area contributed by atoms with Crippen molar-refractivity contribution in [2.75, 3.05) is 58.9 Å². The molecule has 1 aromatic rings. The molecule has 2 aliphatic heterocycles. The smallest absolute Gasteiger partial charge is 0.0633 e. The first-order valence-corrected chi connectivity index (χ1v) is 12.4. The molecule has 3 N–H and O–H groups in total. The number of piperazine rings is 2. The van der Waals surface area contributed by atoms with Gasteiger partial charge in [0.25, 0.3) is 0 Å². The number of hydrogen-bond donors (Lipinski definition) is 3. The van der Waals surface area contributed by atoms with Crippen LogP contribution in [0.3, 0.4) is 0 Å². The lowest BCUT2D eigenvalue weighted by molar-refractivity contribution is 0.156. The third kappa shape index (κ3) is 7.46. The van der Waals surface area contributed by atoms with Crippen LogP contribution in [0.5, 0.6) is 0 Å². The maximum absolute atomic E-state index is 6.46. The maximum Gasteiger partial charge on any atom is 0.0633 e. The van der Waals surface area contributed by atoms with Crippen LogP contribution >= 0.6 is 11.6 Å². The molecule has 2 fully saturated rings. The normalized spacial score (nSPS) is 19.6. The molecule has 0 bridgehead atoms. The zero-order chi connectivity index (χ0) is 23.3. The van der Waals surface area contributed by atoms with Gasteiger partial charge in [-0.25, -0.2) is 0 Å². The van der Waals surface area contributed by atoms with Gasteiger partial charge in [-0.2, -0.15) is 0 Å². The van der Waals surface area contributed by atoms with E-state index in [1.54, 1.807) is 0 Å². The molecule has 2 heterocycles. The summed E-state index contributed by atoms with van der Waals surface area (Å²) in [5, 5.41) is 11.2. The monoisotopic (exact) mass is 459 g/mol. The zero-order valence-corrected chi connectivity index (χ0v) is 20.9. The highest BCUT2D eigenvalue weighted by Gasteiger charge is 2.30. The van der Waals surface area contributed by atoms with Crippen LogP contribution in [0, 0.1) is 0 Å². The molecule has 0 spiro atoms. The molecule has 0 aliphatic carbocycles. The number of rotatable bonds is 9. The van der Waals surface area contributed by atoms with Gasteiger partial charge < -0.3 is 16.0 Å². The van der Waals surface area contributed by atoms with Gasteiger partial charge in [0, 0.05) is 63.9 Å². The van der Waals surface area contributed by atoms with E-state index < -0.39 is 0 Å². The van der Waals surface area contributed by atoms with Crippen LogP contribution in [-0.4, -0.2) is 74.7 Å². The summed E-state index contributed by atoms with van der Waals surface area (Å²) in [6, 6.07) is 6.52. The third-order valence-electron chi connectivity index (χ3n) is 5.93. The second-order valence-electron chi connectivity index (χ2n) is 8.02. The third-order valence-corrected chi connectivity index (χ3v) is 6.17. The number of nitrogens with one attached hydrogen (secondary N) is 3. The van der Waals surface area contributed by atoms with Crippen LogP contribution in [0.25, 0.3) is 5.57 Å². The van der Waals surface area contributed by atoms with Gasteiger partial charge >= 0.3 is 0 Å². The summed E-state index contributed by atoms with van der Waals surface area (Å²) in [6.07, 6.45) is 6.05. The van der Waals surface area contributed by atoms with Gasteiger partial charge in [-0.15, -0.1) is 6.58 Å². The summed E-state index contributed by atoms with van der Waals surface area (Å²) >= 11 is 6.46. The topological polar surface area (TPSA) is 42.6 Å². The molecule has 1 aromatic carbocycles. The summed E-state index contributed by atoms with van der Waals surface area (Å²) in [6.45, 7) is 23.7. The van der Waals surface area contributed by atoms with E-state index in [0.29, 0.717) is 0 Å². The van der Waals surface area contributed by atoms with Crippen molar-refractivity contribution in [1.82, 2.24) is 25.8 Å². The lowest BCUT2D eigenvalue weighted by atomic mass is 9.89. The fourth-order valence-electron chi connectivity index (χ4n) is 4.39. The fourth-order valence-corrected chi connectivity index (χ4v) is 4.56. The first-order chi connectivity index (χ1) is 15.6. The van der Waals surface area contributed by atoms with Gasteiger partial charge in [-0.1, -0.05) is 50.2 Å². The molecule has 6 heteroatoms. The number of benzene rings is 1. The predicted octanol–water partition coefficient (Wildman–Crippen LogP) is 3.91. The minimum atomic E-state index is 0.0891. The molecule has 178 valence electrons. The molecule has 0 radical (unpaired) electrons. The summed E-state index contributed by atoms with van der Waals surface area (Å²) in [5.41, 5.74) is 3.56. The quantitative estimate of drug-likeness (QED) is 0.488. The van der Waals surface area contributed by atoms with Crippen molar-refractivity contribution in [3.63, 3.8) is 0 Å². The number of hydrogen-bond acceptors (Lipinski definition) is 5. The molecule has 5 nitrogen and oxygen atoms in total. The maximum atomic E-state index is 6.46. The van der Waals surface area contributed by atoms with Crippen molar-refractivity contribution in [2.24, 2.45) is 0 Å². The number of nitrogens with zero attached hydrogens (tertiary/aromatic N) is 2. The van der Waals surface area contributed by atoms with Crippen molar-refractivity contribution in [3.8, 4) is 0 Å². The Morgan fingerprint density at radius 3 is 2.34 bits per heavy atom. The minimum Gasteiger partial charge on any atom is -0.383 e. The fraction of sp³-hybridized carbons (Fsp3) is 0.538. The van der Waals surface area contributed by atoms with Gasteiger partial charge in [-0.3, -0.25) is 9.80 Å². The van der Waals surface area contributed by atoms with E-state index in [2.05, 4.69) is 51.0 Å². The summed E-state index contributed by atoms with van der Waals surface area (Å²) in [4.78, 5) is 5.01. The van der Waals surface area contributed by atoms with Crippen molar-refractivity contribution in [2.45, 2.75) is 32.9 Å². The first-order valence-electron chi connectivity index (χ1n) is 12.0. The highest BCUT2D eigenvalue weighted by molar-refractivity contribution is 6.30. The largest absolute Gasteiger partial charge is 0.383 e. The molecule has 0 saturated carbocycles. The first kappa shape index (κ1) is 26.6. The van der Waals surface area contributed by atoms with Crippen LogP contribution < -0.4 is 16.0 Å². The Morgan fingerprint density at radius 2 is 1.75 bits per heavy atom. The van der Waals surface area contributed by atoms with Crippen LogP contribution in [0.2, 0.25) is 5.02 Å². The van der Waals surface area contributed by atoms with Crippen LogP contribution in [0.4, 0.5) is 0 Å². The summed E-state index contributed by atoms with van der Waals surface area (Å²) in [7, 11) is 0. The van der Waals surface area contributed by atoms with E-state index in [-0.39, 0.29) is 12.1 Å². The molecular weight excluding hydrogens is 418 g/mol. The molecule has 2 aliphatic rings. The molecule has 0 aromatic heterocycles. The average Bonchev–Trinajstić information content (AvgIpc) is 2.84. The molecule has 2 saturated heterocycles. The van der Waals surface area contributed by atoms with Crippen molar-refractivity contribution >= 4 is 17.2 Å². The van der Waals surface area contributed by atoms with E-state index in [1.807, 2.05) is 45.2 Å². The van der Waals surface area contributed by atoms with Gasteiger partial charge in [0.05, 0.1) is 12.1 Å². The Balaban J connectivity index is 0.00000176. The van der Waals surface area contributed by atoms with Gasteiger partial charge in [0.15, 0.2) is 0 Å².